The van der Waals surface area contributed by atoms with Gasteiger partial charge in [0, 0.05) is 26.2 Å². The fourth-order valence-corrected chi connectivity index (χ4v) is 3.64. The van der Waals surface area contributed by atoms with Crippen molar-refractivity contribution < 1.29 is 14.6 Å². The van der Waals surface area contributed by atoms with Crippen LogP contribution in [-0.4, -0.2) is 73.2 Å². The molecule has 0 aromatic heterocycles. The third-order valence-corrected chi connectivity index (χ3v) is 5.43. The maximum atomic E-state index is 10.3. The van der Waals surface area contributed by atoms with Crippen LogP contribution in [0.25, 0.3) is 0 Å². The second-order valence-electron chi connectivity index (χ2n) is 7.40. The van der Waals surface area contributed by atoms with E-state index < -0.39 is 5.60 Å². The SMILES string of the molecule is CCNC(=NCC1(O)CCC1)N1CCC(OCC2CCCO2)CC1. The fourth-order valence-electron chi connectivity index (χ4n) is 3.64. The van der Waals surface area contributed by atoms with Crippen LogP contribution in [0.1, 0.15) is 51.9 Å². The van der Waals surface area contributed by atoms with E-state index in [1.54, 1.807) is 0 Å². The molecule has 0 spiro atoms. The van der Waals surface area contributed by atoms with Gasteiger partial charge in [0.05, 0.1) is 31.0 Å². The molecule has 3 aliphatic rings. The Hall–Kier alpha value is -0.850. The first kappa shape index (κ1) is 18.0. The van der Waals surface area contributed by atoms with E-state index >= 15 is 0 Å². The number of guanidine groups is 1. The first-order valence-electron chi connectivity index (χ1n) is 9.67. The quantitative estimate of drug-likeness (QED) is 0.567. The molecule has 2 N–H and O–H groups in total. The number of aliphatic hydroxyl groups is 1. The highest BCUT2D eigenvalue weighted by Gasteiger charge is 2.34. The van der Waals surface area contributed by atoms with E-state index in [2.05, 4.69) is 22.1 Å². The molecular formula is C18H33N3O3. The smallest absolute Gasteiger partial charge is 0.194 e. The molecule has 0 amide bonds. The first-order valence-corrected chi connectivity index (χ1v) is 9.67. The summed E-state index contributed by atoms with van der Waals surface area (Å²) in [6.45, 7) is 7.01. The van der Waals surface area contributed by atoms with E-state index in [0.717, 1.165) is 77.3 Å². The summed E-state index contributed by atoms with van der Waals surface area (Å²) in [6, 6.07) is 0. The predicted molar refractivity (Wildman–Crippen MR) is 94.3 cm³/mol. The molecule has 2 heterocycles. The summed E-state index contributed by atoms with van der Waals surface area (Å²) in [5.74, 6) is 0.940. The topological polar surface area (TPSA) is 66.3 Å². The van der Waals surface area contributed by atoms with Gasteiger partial charge < -0.3 is 24.8 Å². The Labute approximate surface area is 145 Å². The average molecular weight is 339 g/mol. The van der Waals surface area contributed by atoms with Crippen molar-refractivity contribution in [2.24, 2.45) is 4.99 Å². The molecular weight excluding hydrogens is 306 g/mol. The van der Waals surface area contributed by atoms with Crippen molar-refractivity contribution in [3.8, 4) is 0 Å². The highest BCUT2D eigenvalue weighted by molar-refractivity contribution is 5.80. The molecule has 3 fully saturated rings. The lowest BCUT2D eigenvalue weighted by atomic mass is 9.80. The van der Waals surface area contributed by atoms with Gasteiger partial charge in [0.15, 0.2) is 5.96 Å². The number of nitrogens with zero attached hydrogens (tertiary/aromatic N) is 2. The highest BCUT2D eigenvalue weighted by Crippen LogP contribution is 2.31. The molecule has 1 unspecified atom stereocenters. The average Bonchev–Trinajstić information content (AvgIpc) is 3.09. The van der Waals surface area contributed by atoms with E-state index in [-0.39, 0.29) is 0 Å². The van der Waals surface area contributed by atoms with Crippen molar-refractivity contribution in [1.29, 1.82) is 0 Å². The maximum Gasteiger partial charge on any atom is 0.194 e. The lowest BCUT2D eigenvalue weighted by Gasteiger charge is -2.37. The molecule has 6 nitrogen and oxygen atoms in total. The molecule has 24 heavy (non-hydrogen) atoms. The molecule has 0 radical (unpaired) electrons. The zero-order valence-corrected chi connectivity index (χ0v) is 15.0. The van der Waals surface area contributed by atoms with E-state index in [0.29, 0.717) is 18.8 Å². The first-order chi connectivity index (χ1) is 11.7. The van der Waals surface area contributed by atoms with Crippen molar-refractivity contribution in [1.82, 2.24) is 10.2 Å². The van der Waals surface area contributed by atoms with Gasteiger partial charge in [0.25, 0.3) is 0 Å². The summed E-state index contributed by atoms with van der Waals surface area (Å²) in [4.78, 5) is 6.99. The van der Waals surface area contributed by atoms with Gasteiger partial charge in [-0.05, 0) is 51.9 Å². The van der Waals surface area contributed by atoms with E-state index in [1.807, 2.05) is 0 Å². The minimum absolute atomic E-state index is 0.310. The fraction of sp³-hybridized carbons (Fsp3) is 0.944. The van der Waals surface area contributed by atoms with E-state index in [9.17, 15) is 5.11 Å². The monoisotopic (exact) mass is 339 g/mol. The summed E-state index contributed by atoms with van der Waals surface area (Å²) in [5, 5.41) is 13.6. The number of hydrogen-bond acceptors (Lipinski definition) is 4. The highest BCUT2D eigenvalue weighted by atomic mass is 16.5. The lowest BCUT2D eigenvalue weighted by Crippen LogP contribution is -2.48. The van der Waals surface area contributed by atoms with Gasteiger partial charge >= 0.3 is 0 Å². The number of ether oxygens (including phenoxy) is 2. The van der Waals surface area contributed by atoms with Crippen LogP contribution in [-0.2, 0) is 9.47 Å². The summed E-state index contributed by atoms with van der Waals surface area (Å²) >= 11 is 0. The van der Waals surface area contributed by atoms with Gasteiger partial charge in [-0.3, -0.25) is 4.99 Å². The van der Waals surface area contributed by atoms with Crippen LogP contribution in [0.2, 0.25) is 0 Å². The van der Waals surface area contributed by atoms with E-state index in [1.165, 1.54) is 6.42 Å². The second kappa shape index (κ2) is 8.50. The molecule has 138 valence electrons. The third kappa shape index (κ3) is 4.83. The molecule has 2 aliphatic heterocycles. The van der Waals surface area contributed by atoms with Crippen LogP contribution < -0.4 is 5.32 Å². The van der Waals surface area contributed by atoms with Gasteiger partial charge in [-0.15, -0.1) is 0 Å². The maximum absolute atomic E-state index is 10.3. The molecule has 1 aliphatic carbocycles. The molecule has 1 saturated carbocycles. The minimum Gasteiger partial charge on any atom is -0.388 e. The van der Waals surface area contributed by atoms with Crippen molar-refractivity contribution >= 4 is 5.96 Å². The second-order valence-corrected chi connectivity index (χ2v) is 7.40. The van der Waals surface area contributed by atoms with E-state index in [4.69, 9.17) is 9.47 Å². The Morgan fingerprint density at radius 1 is 1.29 bits per heavy atom. The van der Waals surface area contributed by atoms with Gasteiger partial charge in [-0.1, -0.05) is 0 Å². The van der Waals surface area contributed by atoms with Crippen molar-refractivity contribution in [2.75, 3.05) is 39.4 Å². The molecule has 0 bridgehead atoms. The zero-order chi connectivity index (χ0) is 16.8. The molecule has 6 heteroatoms. The van der Waals surface area contributed by atoms with Crippen LogP contribution in [0.5, 0.6) is 0 Å². The number of hydrogen-bond donors (Lipinski definition) is 2. The van der Waals surface area contributed by atoms with Gasteiger partial charge in [0.1, 0.15) is 0 Å². The Balaban J connectivity index is 1.43. The van der Waals surface area contributed by atoms with Crippen molar-refractivity contribution in [3.05, 3.63) is 0 Å². The number of aliphatic imine (C=N–C) groups is 1. The summed E-state index contributed by atoms with van der Waals surface area (Å²) < 4.78 is 11.7. The number of piperidine rings is 1. The molecule has 3 rings (SSSR count). The van der Waals surface area contributed by atoms with Gasteiger partial charge in [0.2, 0.25) is 0 Å². The largest absolute Gasteiger partial charge is 0.388 e. The summed E-state index contributed by atoms with van der Waals surface area (Å²) in [7, 11) is 0. The van der Waals surface area contributed by atoms with Crippen LogP contribution in [0, 0.1) is 0 Å². The number of nitrogens with one attached hydrogen (secondary N) is 1. The lowest BCUT2D eigenvalue weighted by molar-refractivity contribution is -0.0370. The standard InChI is InChI=1S/C18H33N3O3/c1-2-19-17(20-14-18(22)8-4-9-18)21-10-6-15(7-11-21)24-13-16-5-3-12-23-16/h15-16,22H,2-14H2,1H3,(H,19,20). The van der Waals surface area contributed by atoms with Crippen LogP contribution in [0.15, 0.2) is 4.99 Å². The van der Waals surface area contributed by atoms with Gasteiger partial charge in [-0.2, -0.15) is 0 Å². The zero-order valence-electron chi connectivity index (χ0n) is 15.0. The van der Waals surface area contributed by atoms with Crippen LogP contribution in [0.4, 0.5) is 0 Å². The Kier molecular flexibility index (Phi) is 6.36. The number of rotatable bonds is 6. The van der Waals surface area contributed by atoms with Crippen molar-refractivity contribution in [2.45, 2.75) is 69.7 Å². The molecule has 1 atom stereocenters. The Morgan fingerprint density at radius 3 is 2.67 bits per heavy atom. The van der Waals surface area contributed by atoms with Gasteiger partial charge in [-0.25, -0.2) is 0 Å². The third-order valence-electron chi connectivity index (χ3n) is 5.43. The molecule has 0 aromatic rings. The Bertz CT molecular complexity index is 412. The molecule has 2 saturated heterocycles. The van der Waals surface area contributed by atoms with Crippen molar-refractivity contribution in [3.63, 3.8) is 0 Å². The summed E-state index contributed by atoms with van der Waals surface area (Å²) in [5.41, 5.74) is -0.552. The molecule has 0 aromatic carbocycles. The van der Waals surface area contributed by atoms with Crippen LogP contribution >= 0.6 is 0 Å². The minimum atomic E-state index is -0.552. The normalized spacial score (nSPS) is 28.0. The number of likely N-dealkylation sites (tertiary alicyclic amines) is 1. The predicted octanol–water partition coefficient (Wildman–Crippen LogP) is 1.53. The van der Waals surface area contributed by atoms with Crippen LogP contribution in [0.3, 0.4) is 0 Å². The Morgan fingerprint density at radius 2 is 2.08 bits per heavy atom. The summed E-state index contributed by atoms with van der Waals surface area (Å²) in [6.07, 6.45) is 7.90.